The number of allylic oxidation sites excluding steroid dienone is 2. The van der Waals surface area contributed by atoms with E-state index in [1.807, 2.05) is 0 Å². The lowest BCUT2D eigenvalue weighted by Crippen LogP contribution is -2.37. The molecular formula is C23H38O2. The van der Waals surface area contributed by atoms with Crippen LogP contribution in [-0.4, -0.2) is 12.1 Å². The first-order valence-corrected chi connectivity index (χ1v) is 10.8. The molecule has 0 saturated heterocycles. The zero-order valence-corrected chi connectivity index (χ0v) is 16.9. The molecule has 2 heteroatoms. The Labute approximate surface area is 154 Å². The molecule has 142 valence electrons. The Balaban J connectivity index is 1.69. The van der Waals surface area contributed by atoms with Crippen LogP contribution in [-0.2, 0) is 9.53 Å². The highest BCUT2D eigenvalue weighted by molar-refractivity contribution is 5.78. The third-order valence-electron chi connectivity index (χ3n) is 7.16. The second kappa shape index (κ2) is 7.84. The molecule has 3 aliphatic carbocycles. The lowest BCUT2D eigenvalue weighted by molar-refractivity contribution is -0.160. The molecule has 0 spiro atoms. The van der Waals surface area contributed by atoms with Gasteiger partial charge in [0.1, 0.15) is 6.10 Å². The van der Waals surface area contributed by atoms with Crippen LogP contribution in [0.25, 0.3) is 0 Å². The molecule has 0 heterocycles. The second-order valence-corrected chi connectivity index (χ2v) is 9.77. The minimum atomic E-state index is 0.0667. The van der Waals surface area contributed by atoms with Crippen LogP contribution in [0.2, 0.25) is 0 Å². The summed E-state index contributed by atoms with van der Waals surface area (Å²) >= 11 is 0. The van der Waals surface area contributed by atoms with E-state index in [0.29, 0.717) is 17.8 Å². The van der Waals surface area contributed by atoms with Gasteiger partial charge in [-0.2, -0.15) is 0 Å². The van der Waals surface area contributed by atoms with Crippen LogP contribution in [0.4, 0.5) is 0 Å². The average molecular weight is 347 g/mol. The van der Waals surface area contributed by atoms with E-state index in [9.17, 15) is 4.79 Å². The van der Waals surface area contributed by atoms with Crippen molar-refractivity contribution in [3.63, 3.8) is 0 Å². The van der Waals surface area contributed by atoms with Gasteiger partial charge in [0.25, 0.3) is 0 Å². The minimum absolute atomic E-state index is 0.0667. The van der Waals surface area contributed by atoms with E-state index in [4.69, 9.17) is 4.74 Å². The molecular weight excluding hydrogens is 308 g/mol. The van der Waals surface area contributed by atoms with Gasteiger partial charge in [-0.15, -0.1) is 0 Å². The number of ether oxygens (including phenoxy) is 1. The summed E-state index contributed by atoms with van der Waals surface area (Å²) in [6.45, 7) is 8.70. The first-order valence-electron chi connectivity index (χ1n) is 10.8. The van der Waals surface area contributed by atoms with Crippen molar-refractivity contribution in [1.82, 2.24) is 0 Å². The Kier molecular flexibility index (Phi) is 5.96. The van der Waals surface area contributed by atoms with Crippen LogP contribution >= 0.6 is 0 Å². The van der Waals surface area contributed by atoms with Crippen LogP contribution in [0, 0.1) is 29.1 Å². The minimum Gasteiger partial charge on any atom is -0.462 e. The smallest absolute Gasteiger partial charge is 0.310 e. The molecule has 3 aliphatic rings. The normalized spacial score (nSPS) is 30.1. The van der Waals surface area contributed by atoms with Crippen molar-refractivity contribution in [2.45, 2.75) is 98.0 Å². The number of hydrogen-bond acceptors (Lipinski definition) is 2. The van der Waals surface area contributed by atoms with Gasteiger partial charge in [0, 0.05) is 0 Å². The van der Waals surface area contributed by atoms with Gasteiger partial charge in [0.05, 0.1) is 5.92 Å². The van der Waals surface area contributed by atoms with E-state index in [2.05, 4.69) is 33.8 Å². The molecule has 2 unspecified atom stereocenters. The van der Waals surface area contributed by atoms with Gasteiger partial charge in [-0.1, -0.05) is 64.0 Å². The third-order valence-corrected chi connectivity index (χ3v) is 7.16. The second-order valence-electron chi connectivity index (χ2n) is 9.77. The maximum absolute atomic E-state index is 13.1. The predicted molar refractivity (Wildman–Crippen MR) is 103 cm³/mol. The van der Waals surface area contributed by atoms with E-state index in [1.165, 1.54) is 69.8 Å². The van der Waals surface area contributed by atoms with Gasteiger partial charge in [0.2, 0.25) is 0 Å². The fourth-order valence-electron chi connectivity index (χ4n) is 5.51. The highest BCUT2D eigenvalue weighted by Crippen LogP contribution is 2.60. The van der Waals surface area contributed by atoms with Crippen molar-refractivity contribution in [2.24, 2.45) is 29.1 Å². The molecule has 3 saturated carbocycles. The van der Waals surface area contributed by atoms with E-state index in [0.717, 1.165) is 0 Å². The summed E-state index contributed by atoms with van der Waals surface area (Å²) in [5, 5.41) is 0. The van der Waals surface area contributed by atoms with E-state index in [1.54, 1.807) is 0 Å². The molecule has 0 aromatic carbocycles. The van der Waals surface area contributed by atoms with Crippen molar-refractivity contribution in [2.75, 3.05) is 0 Å². The lowest BCUT2D eigenvalue weighted by Gasteiger charge is -2.37. The van der Waals surface area contributed by atoms with Gasteiger partial charge in [-0.3, -0.25) is 4.79 Å². The zero-order valence-electron chi connectivity index (χ0n) is 16.9. The number of rotatable bonds is 5. The van der Waals surface area contributed by atoms with Crippen LogP contribution in [0.5, 0.6) is 0 Å². The number of hydrogen-bond donors (Lipinski definition) is 0. The Morgan fingerprint density at radius 3 is 1.84 bits per heavy atom. The Bertz CT molecular complexity index is 470. The molecule has 0 aromatic rings. The summed E-state index contributed by atoms with van der Waals surface area (Å²) in [7, 11) is 0. The molecule has 3 fully saturated rings. The predicted octanol–water partition coefficient (Wildman–Crippen LogP) is 6.30. The molecule has 0 aromatic heterocycles. The molecule has 0 N–H and O–H groups in total. The molecule has 2 atom stereocenters. The molecule has 2 nitrogen and oxygen atoms in total. The first kappa shape index (κ1) is 19.0. The van der Waals surface area contributed by atoms with Crippen molar-refractivity contribution < 1.29 is 9.53 Å². The number of carbonyl (C=O) groups is 1. The van der Waals surface area contributed by atoms with E-state index < -0.39 is 0 Å². The standard InChI is InChI=1S/C23H38O2/c1-16(2)15-19-20(23(19,3)4)22(24)25-21(17-11-7-5-8-12-17)18-13-9-6-10-14-18/h15,17-21H,5-14H2,1-4H3. The van der Waals surface area contributed by atoms with Gasteiger partial charge in [-0.25, -0.2) is 0 Å². The van der Waals surface area contributed by atoms with Gasteiger partial charge in [0.15, 0.2) is 0 Å². The largest absolute Gasteiger partial charge is 0.462 e. The molecule has 0 bridgehead atoms. The Hall–Kier alpha value is -0.790. The maximum atomic E-state index is 13.1. The molecule has 3 rings (SSSR count). The third kappa shape index (κ3) is 4.31. The number of carbonyl (C=O) groups excluding carboxylic acids is 1. The summed E-state index contributed by atoms with van der Waals surface area (Å²) in [5.74, 6) is 1.75. The molecule has 0 aliphatic heterocycles. The SMILES string of the molecule is CC(C)=CC1C(C(=O)OC(C2CCCCC2)C2CCCCC2)C1(C)C. The summed E-state index contributed by atoms with van der Waals surface area (Å²) in [4.78, 5) is 13.1. The topological polar surface area (TPSA) is 26.3 Å². The Morgan fingerprint density at radius 1 is 0.920 bits per heavy atom. The fourth-order valence-corrected chi connectivity index (χ4v) is 5.51. The Morgan fingerprint density at radius 2 is 1.40 bits per heavy atom. The van der Waals surface area contributed by atoms with Gasteiger partial charge in [-0.05, 0) is 62.7 Å². The highest BCUT2D eigenvalue weighted by atomic mass is 16.5. The highest BCUT2D eigenvalue weighted by Gasteiger charge is 2.61. The molecule has 25 heavy (non-hydrogen) atoms. The van der Waals surface area contributed by atoms with Crippen molar-refractivity contribution in [3.8, 4) is 0 Å². The summed E-state index contributed by atoms with van der Waals surface area (Å²) in [5.41, 5.74) is 1.38. The first-order chi connectivity index (χ1) is 11.9. The lowest BCUT2D eigenvalue weighted by atomic mass is 9.75. The van der Waals surface area contributed by atoms with Crippen molar-refractivity contribution >= 4 is 5.97 Å². The fraction of sp³-hybridized carbons (Fsp3) is 0.870. The number of esters is 1. The maximum Gasteiger partial charge on any atom is 0.310 e. The van der Waals surface area contributed by atoms with Crippen LogP contribution < -0.4 is 0 Å². The average Bonchev–Trinajstić information content (AvgIpc) is 3.13. The van der Waals surface area contributed by atoms with E-state index in [-0.39, 0.29) is 23.4 Å². The van der Waals surface area contributed by atoms with Crippen LogP contribution in [0.1, 0.15) is 91.9 Å². The summed E-state index contributed by atoms with van der Waals surface area (Å²) < 4.78 is 6.33. The molecule has 0 radical (unpaired) electrons. The summed E-state index contributed by atoms with van der Waals surface area (Å²) in [6.07, 6.45) is 15.5. The monoisotopic (exact) mass is 346 g/mol. The van der Waals surface area contributed by atoms with E-state index >= 15 is 0 Å². The summed E-state index contributed by atoms with van der Waals surface area (Å²) in [6, 6.07) is 0. The van der Waals surface area contributed by atoms with Crippen LogP contribution in [0.15, 0.2) is 11.6 Å². The van der Waals surface area contributed by atoms with Gasteiger partial charge < -0.3 is 4.74 Å². The molecule has 0 amide bonds. The quantitative estimate of drug-likeness (QED) is 0.431. The van der Waals surface area contributed by atoms with Crippen molar-refractivity contribution in [3.05, 3.63) is 11.6 Å². The van der Waals surface area contributed by atoms with Crippen LogP contribution in [0.3, 0.4) is 0 Å². The zero-order chi connectivity index (χ0) is 18.0. The van der Waals surface area contributed by atoms with Gasteiger partial charge >= 0.3 is 5.97 Å². The van der Waals surface area contributed by atoms with Crippen molar-refractivity contribution in [1.29, 1.82) is 0 Å².